The molecular formula is C26H24N6O5S. The molecule has 12 heteroatoms. The van der Waals surface area contributed by atoms with Crippen molar-refractivity contribution in [2.24, 2.45) is 0 Å². The van der Waals surface area contributed by atoms with Gasteiger partial charge in [-0.15, -0.1) is 10.2 Å². The monoisotopic (exact) mass is 532 g/mol. The zero-order valence-corrected chi connectivity index (χ0v) is 21.5. The first kappa shape index (κ1) is 24.0. The molecule has 0 radical (unpaired) electrons. The van der Waals surface area contributed by atoms with E-state index in [0.717, 1.165) is 23.4 Å². The Hall–Kier alpha value is -4.32. The number of rotatable bonds is 8. The van der Waals surface area contributed by atoms with Crippen molar-refractivity contribution in [3.63, 3.8) is 0 Å². The number of likely N-dealkylation sites (tertiary alicyclic amines) is 1. The van der Waals surface area contributed by atoms with Gasteiger partial charge in [-0.2, -0.15) is 4.98 Å². The van der Waals surface area contributed by atoms with E-state index >= 15 is 0 Å². The van der Waals surface area contributed by atoms with Crippen LogP contribution in [0.15, 0.2) is 47.0 Å². The molecule has 2 aromatic heterocycles. The topological polar surface area (TPSA) is 133 Å². The second-order valence-electron chi connectivity index (χ2n) is 9.30. The minimum absolute atomic E-state index is 0.101. The minimum atomic E-state index is -0.618. The number of likely N-dealkylation sites (N-methyl/N-ethyl adjacent to an activating group) is 1. The number of anilines is 1. The number of nitrogens with one attached hydrogen (secondary N) is 1. The fraction of sp³-hybridized carbons (Fsp3) is 0.308. The molecule has 38 heavy (non-hydrogen) atoms. The van der Waals surface area contributed by atoms with Crippen LogP contribution < -0.4 is 14.8 Å². The van der Waals surface area contributed by atoms with Crippen LogP contribution in [0.1, 0.15) is 46.4 Å². The zero-order chi connectivity index (χ0) is 26.2. The normalized spacial score (nSPS) is 17.1. The van der Waals surface area contributed by atoms with Gasteiger partial charge in [-0.3, -0.25) is 14.9 Å². The van der Waals surface area contributed by atoms with Crippen molar-refractivity contribution >= 4 is 28.3 Å². The standard InChI is InChI=1S/C26H24N6O5S/c1-14-27-23(37-31-14)15-5-7-18(8-6-15)35-19-11-17(12-20(13-19)36-21-9-10-32(2)25(21)34)22(33)28-26-30-29-24(38-26)16-3-4-16/h5-8,11-13,16,21H,3-4,9-10H2,1-2H3,(H,28,30,33). The zero-order valence-electron chi connectivity index (χ0n) is 20.7. The molecule has 3 heterocycles. The van der Waals surface area contributed by atoms with E-state index in [1.54, 1.807) is 61.3 Å². The molecule has 2 aliphatic rings. The van der Waals surface area contributed by atoms with E-state index in [-0.39, 0.29) is 11.8 Å². The number of aryl methyl sites for hydroxylation is 1. The summed E-state index contributed by atoms with van der Waals surface area (Å²) in [6.45, 7) is 2.36. The minimum Gasteiger partial charge on any atom is -0.480 e. The van der Waals surface area contributed by atoms with Gasteiger partial charge in [-0.05, 0) is 56.2 Å². The van der Waals surface area contributed by atoms with Gasteiger partial charge < -0.3 is 18.9 Å². The SMILES string of the molecule is Cc1noc(-c2ccc(Oc3cc(OC4CCN(C)C4=O)cc(C(=O)Nc4nnc(C5CC5)s4)c3)cc2)n1. The number of carbonyl (C=O) groups is 2. The van der Waals surface area contributed by atoms with Crippen molar-refractivity contribution in [2.45, 2.75) is 38.2 Å². The third-order valence-corrected chi connectivity index (χ3v) is 7.25. The predicted molar refractivity (Wildman–Crippen MR) is 137 cm³/mol. The van der Waals surface area contributed by atoms with E-state index in [0.29, 0.717) is 58.5 Å². The molecule has 194 valence electrons. The first-order valence-electron chi connectivity index (χ1n) is 12.2. The third kappa shape index (κ3) is 5.21. The average molecular weight is 533 g/mol. The van der Waals surface area contributed by atoms with E-state index in [9.17, 15) is 9.59 Å². The first-order valence-corrected chi connectivity index (χ1v) is 13.0. The lowest BCUT2D eigenvalue weighted by molar-refractivity contribution is -0.132. The van der Waals surface area contributed by atoms with Crippen LogP contribution in [0.25, 0.3) is 11.5 Å². The molecule has 0 bridgehead atoms. The second-order valence-corrected chi connectivity index (χ2v) is 10.3. The van der Waals surface area contributed by atoms with Crippen LogP contribution in [0, 0.1) is 6.92 Å². The number of amides is 2. The maximum atomic E-state index is 13.1. The lowest BCUT2D eigenvalue weighted by atomic mass is 10.1. The number of hydrogen-bond donors (Lipinski definition) is 1. The Balaban J connectivity index is 1.24. The summed E-state index contributed by atoms with van der Waals surface area (Å²) in [5.41, 5.74) is 1.05. The van der Waals surface area contributed by atoms with Crippen LogP contribution in [0.2, 0.25) is 0 Å². The van der Waals surface area contributed by atoms with Gasteiger partial charge in [-0.25, -0.2) is 0 Å². The number of ether oxygens (including phenoxy) is 2. The Morgan fingerprint density at radius 3 is 2.55 bits per heavy atom. The molecule has 11 nitrogen and oxygen atoms in total. The van der Waals surface area contributed by atoms with Crippen molar-refractivity contribution in [3.8, 4) is 28.7 Å². The van der Waals surface area contributed by atoms with Crippen LogP contribution in [-0.2, 0) is 4.79 Å². The smallest absolute Gasteiger partial charge is 0.263 e. The predicted octanol–water partition coefficient (Wildman–Crippen LogP) is 4.43. The summed E-state index contributed by atoms with van der Waals surface area (Å²) in [5, 5.41) is 16.3. The molecule has 0 spiro atoms. The Morgan fingerprint density at radius 1 is 1.08 bits per heavy atom. The van der Waals surface area contributed by atoms with Gasteiger partial charge in [0.15, 0.2) is 11.9 Å². The fourth-order valence-corrected chi connectivity index (χ4v) is 4.97. The largest absolute Gasteiger partial charge is 0.480 e. The van der Waals surface area contributed by atoms with Gasteiger partial charge in [0.1, 0.15) is 22.3 Å². The number of nitrogens with zero attached hydrogens (tertiary/aromatic N) is 5. The van der Waals surface area contributed by atoms with Crippen LogP contribution in [0.4, 0.5) is 5.13 Å². The Morgan fingerprint density at radius 2 is 1.87 bits per heavy atom. The number of benzene rings is 2. The maximum absolute atomic E-state index is 13.1. The van der Waals surface area contributed by atoms with Gasteiger partial charge in [0.25, 0.3) is 17.7 Å². The summed E-state index contributed by atoms with van der Waals surface area (Å²) in [5.74, 6) is 2.20. The molecule has 1 aliphatic heterocycles. The quantitative estimate of drug-likeness (QED) is 0.350. The number of carbonyl (C=O) groups excluding carboxylic acids is 2. The van der Waals surface area contributed by atoms with Crippen LogP contribution in [-0.4, -0.2) is 56.7 Å². The molecule has 6 rings (SSSR count). The van der Waals surface area contributed by atoms with E-state index < -0.39 is 6.10 Å². The summed E-state index contributed by atoms with van der Waals surface area (Å²) in [7, 11) is 1.74. The van der Waals surface area contributed by atoms with Gasteiger partial charge in [-0.1, -0.05) is 16.5 Å². The van der Waals surface area contributed by atoms with Crippen molar-refractivity contribution in [2.75, 3.05) is 18.9 Å². The molecule has 4 aromatic rings. The van der Waals surface area contributed by atoms with E-state index in [2.05, 4.69) is 25.7 Å². The molecule has 1 N–H and O–H groups in total. The average Bonchev–Trinajstić information content (AvgIpc) is 3.37. The first-order chi connectivity index (χ1) is 18.4. The Kier molecular flexibility index (Phi) is 6.24. The Bertz CT molecular complexity index is 1500. The van der Waals surface area contributed by atoms with Crippen LogP contribution >= 0.6 is 11.3 Å². The van der Waals surface area contributed by atoms with Gasteiger partial charge >= 0.3 is 0 Å². The highest BCUT2D eigenvalue weighted by Crippen LogP contribution is 2.42. The second kappa shape index (κ2) is 9.86. The molecule has 1 aliphatic carbocycles. The molecule has 2 fully saturated rings. The molecule has 1 saturated carbocycles. The van der Waals surface area contributed by atoms with Crippen molar-refractivity contribution in [1.29, 1.82) is 0 Å². The van der Waals surface area contributed by atoms with Gasteiger partial charge in [0, 0.05) is 43.1 Å². The molecule has 1 unspecified atom stereocenters. The van der Waals surface area contributed by atoms with Gasteiger partial charge in [0.2, 0.25) is 5.13 Å². The lowest BCUT2D eigenvalue weighted by Crippen LogP contribution is -2.29. The highest BCUT2D eigenvalue weighted by atomic mass is 32.1. The molecule has 2 aromatic carbocycles. The Labute approximate surface area is 221 Å². The van der Waals surface area contributed by atoms with Crippen molar-refractivity contribution < 1.29 is 23.6 Å². The summed E-state index contributed by atoms with van der Waals surface area (Å²) in [6.07, 6.45) is 2.15. The van der Waals surface area contributed by atoms with E-state index in [4.69, 9.17) is 14.0 Å². The third-order valence-electron chi connectivity index (χ3n) is 6.25. The summed E-state index contributed by atoms with van der Waals surface area (Å²) in [4.78, 5) is 31.4. The van der Waals surface area contributed by atoms with Crippen molar-refractivity contribution in [1.82, 2.24) is 25.2 Å². The summed E-state index contributed by atoms with van der Waals surface area (Å²) < 4.78 is 17.3. The van der Waals surface area contributed by atoms with E-state index in [1.807, 2.05) is 0 Å². The van der Waals surface area contributed by atoms with Gasteiger partial charge in [0.05, 0.1) is 0 Å². The van der Waals surface area contributed by atoms with E-state index in [1.165, 1.54) is 11.3 Å². The summed E-state index contributed by atoms with van der Waals surface area (Å²) in [6, 6.07) is 12.0. The number of aromatic nitrogens is 4. The summed E-state index contributed by atoms with van der Waals surface area (Å²) >= 11 is 1.38. The molecular weight excluding hydrogens is 508 g/mol. The molecule has 2 amide bonds. The fourth-order valence-electron chi connectivity index (χ4n) is 4.06. The van der Waals surface area contributed by atoms with Crippen LogP contribution in [0.5, 0.6) is 17.2 Å². The highest BCUT2D eigenvalue weighted by molar-refractivity contribution is 7.15. The maximum Gasteiger partial charge on any atom is 0.263 e. The molecule has 1 saturated heterocycles. The van der Waals surface area contributed by atoms with Crippen molar-refractivity contribution in [3.05, 3.63) is 58.9 Å². The lowest BCUT2D eigenvalue weighted by Gasteiger charge is -2.15. The molecule has 1 atom stereocenters. The van der Waals surface area contributed by atoms with Crippen LogP contribution in [0.3, 0.4) is 0 Å². The number of hydrogen-bond acceptors (Lipinski definition) is 10. The highest BCUT2D eigenvalue weighted by Gasteiger charge is 2.31.